The molecule has 0 aliphatic rings. The molecule has 0 spiro atoms. The van der Waals surface area contributed by atoms with Gasteiger partial charge in [0, 0.05) is 11.8 Å². The first kappa shape index (κ1) is 25.5. The molecule has 2 aromatic carbocycles. The first-order valence-corrected chi connectivity index (χ1v) is 11.1. The van der Waals surface area contributed by atoms with Crippen LogP contribution in [-0.4, -0.2) is 19.0 Å². The second kappa shape index (κ2) is 14.4. The van der Waals surface area contributed by atoms with Gasteiger partial charge < -0.3 is 14.2 Å². The van der Waals surface area contributed by atoms with E-state index >= 15 is 0 Å². The van der Waals surface area contributed by atoms with E-state index in [-0.39, 0.29) is 37.3 Å². The molecule has 4 atom stereocenters. The third-order valence-corrected chi connectivity index (χ3v) is 5.47. The summed E-state index contributed by atoms with van der Waals surface area (Å²) >= 11 is 0. The molecule has 0 radical (unpaired) electrons. The van der Waals surface area contributed by atoms with Crippen molar-refractivity contribution in [3.8, 4) is 6.07 Å². The Morgan fingerprint density at radius 3 is 2.12 bits per heavy atom. The third-order valence-electron chi connectivity index (χ3n) is 5.47. The molecule has 4 nitrogen and oxygen atoms in total. The molecule has 0 heterocycles. The van der Waals surface area contributed by atoms with Crippen molar-refractivity contribution in [2.24, 2.45) is 11.8 Å². The maximum atomic E-state index is 9.42. The molecule has 0 fully saturated rings. The molecule has 170 valence electrons. The van der Waals surface area contributed by atoms with Crippen molar-refractivity contribution >= 4 is 0 Å². The van der Waals surface area contributed by atoms with E-state index in [0.717, 1.165) is 23.1 Å². The smallest absolute Gasteiger partial charge is 0.147 e. The van der Waals surface area contributed by atoms with E-state index in [1.54, 1.807) is 0 Å². The molecule has 0 bridgehead atoms. The highest BCUT2D eigenvalue weighted by Crippen LogP contribution is 2.29. The van der Waals surface area contributed by atoms with Gasteiger partial charge in [-0.15, -0.1) is 13.2 Å². The Kier molecular flexibility index (Phi) is 11.5. The lowest BCUT2D eigenvalue weighted by atomic mass is 9.84. The number of ether oxygens (including phenoxy) is 3. The van der Waals surface area contributed by atoms with Crippen LogP contribution in [0.2, 0.25) is 0 Å². The van der Waals surface area contributed by atoms with E-state index in [1.165, 1.54) is 0 Å². The lowest BCUT2D eigenvalue weighted by molar-refractivity contribution is -0.143. The molecule has 4 heteroatoms. The van der Waals surface area contributed by atoms with Gasteiger partial charge in [0.2, 0.25) is 0 Å². The molecule has 0 saturated heterocycles. The summed E-state index contributed by atoms with van der Waals surface area (Å²) in [7, 11) is 0. The number of nitriles is 1. The number of allylic oxidation sites excluding steroid dienone is 1. The van der Waals surface area contributed by atoms with Gasteiger partial charge in [-0.25, -0.2) is 0 Å². The Labute approximate surface area is 193 Å². The van der Waals surface area contributed by atoms with Crippen LogP contribution in [0.25, 0.3) is 0 Å². The highest BCUT2D eigenvalue weighted by atomic mass is 16.7. The summed E-state index contributed by atoms with van der Waals surface area (Å²) in [6.45, 7) is 13.2. The zero-order valence-electron chi connectivity index (χ0n) is 19.3. The van der Waals surface area contributed by atoms with Crippen LogP contribution in [-0.2, 0) is 27.4 Å². The van der Waals surface area contributed by atoms with Crippen LogP contribution in [0.15, 0.2) is 85.5 Å². The predicted octanol–water partition coefficient (Wildman–Crippen LogP) is 6.45. The fourth-order valence-corrected chi connectivity index (χ4v) is 3.74. The summed E-state index contributed by atoms with van der Waals surface area (Å²) in [4.78, 5) is 0. The Morgan fingerprint density at radius 1 is 1.00 bits per heavy atom. The summed E-state index contributed by atoms with van der Waals surface area (Å²) in [5.41, 5.74) is 3.23. The van der Waals surface area contributed by atoms with E-state index in [1.807, 2.05) is 73.7 Å². The van der Waals surface area contributed by atoms with E-state index in [9.17, 15) is 5.26 Å². The molecule has 0 saturated carbocycles. The van der Waals surface area contributed by atoms with Crippen molar-refractivity contribution in [1.29, 1.82) is 5.26 Å². The van der Waals surface area contributed by atoms with Crippen LogP contribution in [0.1, 0.15) is 37.8 Å². The van der Waals surface area contributed by atoms with Crippen molar-refractivity contribution in [2.75, 3.05) is 6.79 Å². The summed E-state index contributed by atoms with van der Waals surface area (Å²) in [5.74, 6) is 0.00498. The summed E-state index contributed by atoms with van der Waals surface area (Å²) in [5, 5.41) is 9.42. The van der Waals surface area contributed by atoms with Crippen LogP contribution in [0.3, 0.4) is 0 Å². The average Bonchev–Trinajstić information content (AvgIpc) is 2.81. The SMILES string of the molecule is C=C[C@@H](CC(=C)C)[C@H](OCOCc1ccccc1)[C@@H](C)[C@@H](CC#N)OCc1ccccc1. The predicted molar refractivity (Wildman–Crippen MR) is 129 cm³/mol. The second-order valence-electron chi connectivity index (χ2n) is 8.20. The monoisotopic (exact) mass is 433 g/mol. The van der Waals surface area contributed by atoms with Gasteiger partial charge in [0.1, 0.15) is 6.79 Å². The van der Waals surface area contributed by atoms with E-state index in [0.29, 0.717) is 13.2 Å². The number of benzene rings is 2. The van der Waals surface area contributed by atoms with Gasteiger partial charge in [-0.05, 0) is 24.5 Å². The highest BCUT2D eigenvalue weighted by molar-refractivity contribution is 5.14. The fraction of sp³-hybridized carbons (Fsp3) is 0.393. The maximum Gasteiger partial charge on any atom is 0.147 e. The summed E-state index contributed by atoms with van der Waals surface area (Å²) < 4.78 is 18.2. The molecule has 0 N–H and O–H groups in total. The lowest BCUT2D eigenvalue weighted by Gasteiger charge is -2.34. The van der Waals surface area contributed by atoms with Crippen molar-refractivity contribution in [3.05, 3.63) is 96.6 Å². The molecule has 0 unspecified atom stereocenters. The van der Waals surface area contributed by atoms with Crippen LogP contribution in [0.5, 0.6) is 0 Å². The number of hydrogen-bond donors (Lipinski definition) is 0. The van der Waals surface area contributed by atoms with Gasteiger partial charge in [0.15, 0.2) is 0 Å². The first-order valence-electron chi connectivity index (χ1n) is 11.1. The van der Waals surface area contributed by atoms with Gasteiger partial charge in [-0.1, -0.05) is 79.2 Å². The highest BCUT2D eigenvalue weighted by Gasteiger charge is 2.32. The molecule has 0 amide bonds. The van der Waals surface area contributed by atoms with E-state index < -0.39 is 0 Å². The topological polar surface area (TPSA) is 51.5 Å². The van der Waals surface area contributed by atoms with Crippen LogP contribution in [0.4, 0.5) is 0 Å². The Bertz CT molecular complexity index is 844. The minimum Gasteiger partial charge on any atom is -0.372 e. The van der Waals surface area contributed by atoms with Crippen molar-refractivity contribution < 1.29 is 14.2 Å². The summed E-state index contributed by atoms with van der Waals surface area (Å²) in [6.07, 6.45) is 2.47. The van der Waals surface area contributed by atoms with Gasteiger partial charge >= 0.3 is 0 Å². The Balaban J connectivity index is 2.06. The average molecular weight is 434 g/mol. The lowest BCUT2D eigenvalue weighted by Crippen LogP contribution is -2.38. The minimum atomic E-state index is -0.271. The molecular weight excluding hydrogens is 398 g/mol. The fourth-order valence-electron chi connectivity index (χ4n) is 3.74. The molecular formula is C28H35NO3. The van der Waals surface area contributed by atoms with Crippen LogP contribution < -0.4 is 0 Å². The van der Waals surface area contributed by atoms with Crippen molar-refractivity contribution in [1.82, 2.24) is 0 Å². The molecule has 0 aliphatic carbocycles. The number of rotatable bonds is 15. The standard InChI is InChI=1S/C28H35NO3/c1-5-26(18-22(2)3)28(32-21-30-19-24-12-8-6-9-13-24)23(4)27(16-17-29)31-20-25-14-10-7-11-15-25/h5-15,23,26-28H,1-2,16,18-21H2,3-4H3/t23-,26-,27+,28+/m0/s1. The number of hydrogen-bond acceptors (Lipinski definition) is 4. The number of nitrogens with zero attached hydrogens (tertiary/aromatic N) is 1. The quantitative estimate of drug-likeness (QED) is 0.184. The largest absolute Gasteiger partial charge is 0.372 e. The zero-order valence-corrected chi connectivity index (χ0v) is 19.3. The van der Waals surface area contributed by atoms with Crippen LogP contribution in [0, 0.1) is 23.2 Å². The van der Waals surface area contributed by atoms with Gasteiger partial charge in [0.25, 0.3) is 0 Å². The van der Waals surface area contributed by atoms with Crippen LogP contribution >= 0.6 is 0 Å². The van der Waals surface area contributed by atoms with Crippen molar-refractivity contribution in [3.63, 3.8) is 0 Å². The molecule has 2 aromatic rings. The maximum absolute atomic E-state index is 9.42. The van der Waals surface area contributed by atoms with E-state index in [2.05, 4.69) is 26.2 Å². The molecule has 0 aromatic heterocycles. The molecule has 0 aliphatic heterocycles. The van der Waals surface area contributed by atoms with Gasteiger partial charge in [-0.2, -0.15) is 5.26 Å². The minimum absolute atomic E-state index is 0.0407. The van der Waals surface area contributed by atoms with Gasteiger partial charge in [0.05, 0.1) is 37.9 Å². The molecule has 2 rings (SSSR count). The Hall–Kier alpha value is -2.71. The Morgan fingerprint density at radius 2 is 1.59 bits per heavy atom. The summed E-state index contributed by atoms with van der Waals surface area (Å²) in [6, 6.07) is 22.3. The van der Waals surface area contributed by atoms with Gasteiger partial charge in [-0.3, -0.25) is 0 Å². The second-order valence-corrected chi connectivity index (χ2v) is 8.20. The third kappa shape index (κ3) is 8.80. The molecule has 32 heavy (non-hydrogen) atoms. The normalized spacial score (nSPS) is 14.7. The zero-order chi connectivity index (χ0) is 23.2. The van der Waals surface area contributed by atoms with Crippen molar-refractivity contribution in [2.45, 2.75) is 52.1 Å². The van der Waals surface area contributed by atoms with E-state index in [4.69, 9.17) is 14.2 Å². The first-order chi connectivity index (χ1) is 15.5.